The monoisotopic (exact) mass is 490 g/mol. The van der Waals surface area contributed by atoms with Crippen molar-refractivity contribution in [2.45, 2.75) is 32.2 Å². The van der Waals surface area contributed by atoms with Crippen molar-refractivity contribution in [3.63, 3.8) is 0 Å². The Morgan fingerprint density at radius 3 is 2.44 bits per heavy atom. The first kappa shape index (κ1) is 23.9. The molecule has 2 N–H and O–H groups in total. The number of sulfonamides is 1. The summed E-state index contributed by atoms with van der Waals surface area (Å²) in [5.74, 6) is 1.19. The van der Waals surface area contributed by atoms with Gasteiger partial charge in [-0.1, -0.05) is 6.92 Å². The maximum absolute atomic E-state index is 13.0. The van der Waals surface area contributed by atoms with Gasteiger partial charge in [0.1, 0.15) is 17.2 Å². The van der Waals surface area contributed by atoms with Crippen LogP contribution >= 0.6 is 0 Å². The average Bonchev–Trinajstić information content (AvgIpc) is 2.80. The first-order valence-corrected chi connectivity index (χ1v) is 12.9. The minimum Gasteiger partial charge on any atom is -0.497 e. The third-order valence-corrected chi connectivity index (χ3v) is 7.71. The van der Waals surface area contributed by atoms with E-state index < -0.39 is 10.0 Å². The van der Waals surface area contributed by atoms with Gasteiger partial charge < -0.3 is 24.3 Å². The molecule has 11 heteroatoms. The first-order valence-electron chi connectivity index (χ1n) is 11.3. The molecule has 34 heavy (non-hydrogen) atoms. The van der Waals surface area contributed by atoms with Gasteiger partial charge in [0.15, 0.2) is 0 Å². The maximum Gasteiger partial charge on any atom is 0.321 e. The van der Waals surface area contributed by atoms with Gasteiger partial charge in [-0.25, -0.2) is 13.2 Å². The largest absolute Gasteiger partial charge is 0.497 e. The number of carbonyl (C=O) groups excluding carboxylic acids is 1. The molecule has 0 radical (unpaired) electrons. The molecular formula is C23H30N4O6S. The molecule has 1 aromatic heterocycles. The number of benzene rings is 1. The highest BCUT2D eigenvalue weighted by atomic mass is 32.2. The maximum atomic E-state index is 13.0. The number of urea groups is 1. The van der Waals surface area contributed by atoms with Crippen molar-refractivity contribution >= 4 is 27.4 Å². The van der Waals surface area contributed by atoms with E-state index in [9.17, 15) is 18.0 Å². The van der Waals surface area contributed by atoms with E-state index in [1.54, 1.807) is 54.9 Å². The predicted molar refractivity (Wildman–Crippen MR) is 129 cm³/mol. The summed E-state index contributed by atoms with van der Waals surface area (Å²) in [4.78, 5) is 27.8. The SMILES string of the molecule is CCCS(=O)(=O)Nc1ccc2n(c1=O)C[C@@H]1C[C@@H]2CN(C(=O)Nc2cc(OC)cc(OC)c2)C1. The number of fused-ring (bicyclic) bond motifs is 4. The summed E-state index contributed by atoms with van der Waals surface area (Å²) in [5.41, 5.74) is 1.12. The van der Waals surface area contributed by atoms with E-state index in [2.05, 4.69) is 10.0 Å². The Morgan fingerprint density at radius 2 is 1.79 bits per heavy atom. The van der Waals surface area contributed by atoms with Crippen LogP contribution in [0.4, 0.5) is 16.2 Å². The number of carbonyl (C=O) groups is 1. The zero-order valence-electron chi connectivity index (χ0n) is 19.5. The van der Waals surface area contributed by atoms with E-state index >= 15 is 0 Å². The van der Waals surface area contributed by atoms with Gasteiger partial charge in [0.2, 0.25) is 10.0 Å². The number of pyridine rings is 1. The van der Waals surface area contributed by atoms with E-state index in [0.29, 0.717) is 43.2 Å². The molecule has 0 saturated carbocycles. The molecule has 1 fully saturated rings. The normalized spacial score (nSPS) is 19.2. The lowest BCUT2D eigenvalue weighted by Gasteiger charge is -2.42. The molecule has 0 aliphatic carbocycles. The fourth-order valence-electron chi connectivity index (χ4n) is 4.76. The molecule has 2 aliphatic rings. The van der Waals surface area contributed by atoms with Crippen molar-refractivity contribution in [2.75, 3.05) is 43.1 Å². The number of hydrogen-bond donors (Lipinski definition) is 2. The van der Waals surface area contributed by atoms with Crippen molar-refractivity contribution < 1.29 is 22.7 Å². The van der Waals surface area contributed by atoms with Crippen LogP contribution in [0.2, 0.25) is 0 Å². The number of nitrogens with zero attached hydrogens (tertiary/aromatic N) is 2. The molecule has 184 valence electrons. The molecule has 0 unspecified atom stereocenters. The average molecular weight is 491 g/mol. The Hall–Kier alpha value is -3.21. The van der Waals surface area contributed by atoms with Gasteiger partial charge in [0, 0.05) is 55.1 Å². The highest BCUT2D eigenvalue weighted by Crippen LogP contribution is 2.36. The predicted octanol–water partition coefficient (Wildman–Crippen LogP) is 2.67. The van der Waals surface area contributed by atoms with Crippen LogP contribution in [0.5, 0.6) is 11.5 Å². The molecule has 2 amide bonds. The molecule has 4 rings (SSSR count). The second-order valence-electron chi connectivity index (χ2n) is 8.74. The van der Waals surface area contributed by atoms with E-state index in [4.69, 9.17) is 9.47 Å². The van der Waals surface area contributed by atoms with Gasteiger partial charge >= 0.3 is 6.03 Å². The number of likely N-dealkylation sites (tertiary alicyclic amines) is 1. The Morgan fingerprint density at radius 1 is 1.09 bits per heavy atom. The smallest absolute Gasteiger partial charge is 0.321 e. The first-order chi connectivity index (χ1) is 16.2. The summed E-state index contributed by atoms with van der Waals surface area (Å²) in [6, 6.07) is 8.27. The molecule has 2 bridgehead atoms. The Labute approximate surface area is 198 Å². The quantitative estimate of drug-likeness (QED) is 0.616. The molecule has 1 aromatic carbocycles. The van der Waals surface area contributed by atoms with Crippen LogP contribution in [0.1, 0.15) is 31.4 Å². The molecule has 3 heterocycles. The zero-order chi connectivity index (χ0) is 24.5. The topological polar surface area (TPSA) is 119 Å². The lowest BCUT2D eigenvalue weighted by Crippen LogP contribution is -2.50. The van der Waals surface area contributed by atoms with Gasteiger partial charge in [-0.05, 0) is 30.9 Å². The number of amides is 2. The second-order valence-corrected chi connectivity index (χ2v) is 10.6. The van der Waals surface area contributed by atoms with Gasteiger partial charge in [-0.3, -0.25) is 9.52 Å². The number of nitrogens with one attached hydrogen (secondary N) is 2. The van der Waals surface area contributed by atoms with Gasteiger partial charge in [-0.2, -0.15) is 0 Å². The molecule has 0 spiro atoms. The van der Waals surface area contributed by atoms with E-state index in [-0.39, 0.29) is 34.9 Å². The minimum absolute atomic E-state index is 0.00732. The summed E-state index contributed by atoms with van der Waals surface area (Å²) in [6.07, 6.45) is 1.34. The Bertz CT molecular complexity index is 1220. The van der Waals surface area contributed by atoms with Crippen LogP contribution in [0.25, 0.3) is 0 Å². The third-order valence-electron chi connectivity index (χ3n) is 6.23. The molecule has 1 saturated heterocycles. The number of ether oxygens (including phenoxy) is 2. The Balaban J connectivity index is 1.52. The van der Waals surface area contributed by atoms with Crippen molar-refractivity contribution in [1.29, 1.82) is 0 Å². The van der Waals surface area contributed by atoms with E-state index in [0.717, 1.165) is 12.1 Å². The van der Waals surface area contributed by atoms with Crippen LogP contribution < -0.4 is 25.1 Å². The highest BCUT2D eigenvalue weighted by molar-refractivity contribution is 7.92. The second kappa shape index (κ2) is 9.57. The van der Waals surface area contributed by atoms with Crippen LogP contribution in [0, 0.1) is 5.92 Å². The molecule has 2 aromatic rings. The number of aromatic nitrogens is 1. The highest BCUT2D eigenvalue weighted by Gasteiger charge is 2.37. The van der Waals surface area contributed by atoms with Crippen molar-refractivity contribution in [3.8, 4) is 11.5 Å². The lowest BCUT2D eigenvalue weighted by atomic mass is 9.83. The van der Waals surface area contributed by atoms with Crippen LogP contribution in [-0.4, -0.2) is 57.0 Å². The van der Waals surface area contributed by atoms with E-state index in [1.807, 2.05) is 0 Å². The number of methoxy groups -OCH3 is 2. The van der Waals surface area contributed by atoms with Gasteiger partial charge in [0.25, 0.3) is 5.56 Å². The van der Waals surface area contributed by atoms with Gasteiger partial charge in [0.05, 0.1) is 20.0 Å². The fourth-order valence-corrected chi connectivity index (χ4v) is 5.89. The number of piperidine rings is 1. The molecule has 2 aliphatic heterocycles. The third kappa shape index (κ3) is 4.98. The van der Waals surface area contributed by atoms with Crippen LogP contribution in [0.3, 0.4) is 0 Å². The lowest BCUT2D eigenvalue weighted by molar-refractivity contribution is 0.139. The molecule has 10 nitrogen and oxygen atoms in total. The zero-order valence-corrected chi connectivity index (χ0v) is 20.4. The van der Waals surface area contributed by atoms with E-state index in [1.165, 1.54) is 6.07 Å². The van der Waals surface area contributed by atoms with Crippen molar-refractivity contribution in [3.05, 3.63) is 46.4 Å². The number of anilines is 2. The standard InChI is InChI=1S/C23H30N4O6S/c1-4-7-34(30,31)25-20-5-6-21-16-8-15(13-27(21)22(20)28)12-26(14-16)23(29)24-17-9-18(32-2)11-19(10-17)33-3/h5-6,9-11,15-16,25H,4,7-8,12-14H2,1-3H3,(H,24,29)/t15-,16-/m1/s1. The van der Waals surface area contributed by atoms with Crippen LogP contribution in [0.15, 0.2) is 35.1 Å². The van der Waals surface area contributed by atoms with Crippen LogP contribution in [-0.2, 0) is 16.6 Å². The summed E-state index contributed by atoms with van der Waals surface area (Å²) in [6.45, 7) is 3.17. The minimum atomic E-state index is -3.55. The summed E-state index contributed by atoms with van der Waals surface area (Å²) >= 11 is 0. The molecule has 2 atom stereocenters. The van der Waals surface area contributed by atoms with Crippen molar-refractivity contribution in [2.24, 2.45) is 5.92 Å². The summed E-state index contributed by atoms with van der Waals surface area (Å²) in [7, 11) is -0.460. The molecular weight excluding hydrogens is 460 g/mol. The van der Waals surface area contributed by atoms with Gasteiger partial charge in [-0.15, -0.1) is 0 Å². The fraction of sp³-hybridized carbons (Fsp3) is 0.478. The summed E-state index contributed by atoms with van der Waals surface area (Å²) < 4.78 is 38.9. The number of hydrogen-bond acceptors (Lipinski definition) is 6. The number of rotatable bonds is 7. The summed E-state index contributed by atoms with van der Waals surface area (Å²) in [5, 5.41) is 2.91. The Kier molecular flexibility index (Phi) is 6.74. The van der Waals surface area contributed by atoms with Crippen molar-refractivity contribution in [1.82, 2.24) is 9.47 Å².